The zero-order valence-electron chi connectivity index (χ0n) is 9.07. The zero-order chi connectivity index (χ0) is 11.8. The average Bonchev–Trinajstić information content (AvgIpc) is 2.69. The average molecular weight is 317 g/mol. The molecule has 0 saturated carbocycles. The lowest BCUT2D eigenvalue weighted by atomic mass is 10.2. The van der Waals surface area contributed by atoms with Crippen LogP contribution in [0.15, 0.2) is 16.9 Å². The predicted molar refractivity (Wildman–Crippen MR) is 69.1 cm³/mol. The molecule has 3 rings (SSSR count). The van der Waals surface area contributed by atoms with Crippen molar-refractivity contribution in [2.24, 2.45) is 0 Å². The van der Waals surface area contributed by atoms with Crippen molar-refractivity contribution < 1.29 is 4.74 Å². The van der Waals surface area contributed by atoms with Crippen LogP contribution in [0.4, 0.5) is 0 Å². The summed E-state index contributed by atoms with van der Waals surface area (Å²) in [7, 11) is 0. The van der Waals surface area contributed by atoms with Gasteiger partial charge in [0.1, 0.15) is 9.76 Å². The third-order valence-corrected chi connectivity index (χ3v) is 3.98. The standard InChI is InChI=1S/C11H11BrClN3O/c12-10-9-7(4-5-14-11(9)13)15-16(10)8-3-1-2-6-17-8/h4-5,8H,1-3,6H2. The minimum atomic E-state index is 0.00147. The Bertz CT molecular complexity index is 551. The molecule has 0 N–H and O–H groups in total. The molecular formula is C11H11BrClN3O. The number of pyridine rings is 1. The minimum Gasteiger partial charge on any atom is -0.356 e. The molecule has 2 aromatic heterocycles. The first-order valence-electron chi connectivity index (χ1n) is 5.57. The summed E-state index contributed by atoms with van der Waals surface area (Å²) < 4.78 is 8.42. The second-order valence-electron chi connectivity index (χ2n) is 4.05. The molecule has 1 saturated heterocycles. The van der Waals surface area contributed by atoms with Crippen LogP contribution in [0.25, 0.3) is 10.9 Å². The number of nitrogens with zero attached hydrogens (tertiary/aromatic N) is 3. The predicted octanol–water partition coefficient (Wildman–Crippen LogP) is 3.55. The molecule has 0 amide bonds. The first-order valence-corrected chi connectivity index (χ1v) is 6.74. The van der Waals surface area contributed by atoms with Crippen molar-refractivity contribution in [1.29, 1.82) is 0 Å². The van der Waals surface area contributed by atoms with Gasteiger partial charge in [0.2, 0.25) is 0 Å². The van der Waals surface area contributed by atoms with Gasteiger partial charge in [-0.15, -0.1) is 0 Å². The third kappa shape index (κ3) is 1.96. The van der Waals surface area contributed by atoms with Gasteiger partial charge in [0.15, 0.2) is 6.23 Å². The number of rotatable bonds is 1. The van der Waals surface area contributed by atoms with Crippen LogP contribution in [0.1, 0.15) is 25.5 Å². The number of aromatic nitrogens is 3. The molecule has 17 heavy (non-hydrogen) atoms. The zero-order valence-corrected chi connectivity index (χ0v) is 11.4. The van der Waals surface area contributed by atoms with Gasteiger partial charge >= 0.3 is 0 Å². The van der Waals surface area contributed by atoms with Gasteiger partial charge in [-0.3, -0.25) is 0 Å². The van der Waals surface area contributed by atoms with E-state index in [4.69, 9.17) is 16.3 Å². The SMILES string of the molecule is Clc1nccc2nn(C3CCCCO3)c(Br)c12. The van der Waals surface area contributed by atoms with E-state index in [0.29, 0.717) is 5.15 Å². The number of fused-ring (bicyclic) bond motifs is 1. The molecule has 1 aliphatic heterocycles. The highest BCUT2D eigenvalue weighted by molar-refractivity contribution is 9.10. The Morgan fingerprint density at radius 2 is 2.35 bits per heavy atom. The van der Waals surface area contributed by atoms with Crippen molar-refractivity contribution in [2.45, 2.75) is 25.5 Å². The van der Waals surface area contributed by atoms with Crippen molar-refractivity contribution >= 4 is 38.4 Å². The second kappa shape index (κ2) is 4.55. The summed E-state index contributed by atoms with van der Waals surface area (Å²) in [5.41, 5.74) is 0.839. The van der Waals surface area contributed by atoms with Gasteiger partial charge in [0.05, 0.1) is 10.9 Å². The molecule has 3 heterocycles. The molecule has 2 aromatic rings. The summed E-state index contributed by atoms with van der Waals surface area (Å²) in [6.45, 7) is 0.791. The molecule has 1 atom stereocenters. The highest BCUT2D eigenvalue weighted by Crippen LogP contribution is 2.33. The van der Waals surface area contributed by atoms with Crippen LogP contribution in [0.2, 0.25) is 5.15 Å². The van der Waals surface area contributed by atoms with Crippen molar-refractivity contribution in [2.75, 3.05) is 6.61 Å². The fourth-order valence-electron chi connectivity index (χ4n) is 2.08. The van der Waals surface area contributed by atoms with Crippen LogP contribution in [0, 0.1) is 0 Å². The summed E-state index contributed by atoms with van der Waals surface area (Å²) in [5, 5.41) is 5.84. The largest absolute Gasteiger partial charge is 0.356 e. The fourth-order valence-corrected chi connectivity index (χ4v) is 3.14. The molecule has 4 nitrogen and oxygen atoms in total. The Hall–Kier alpha value is -0.650. The molecule has 0 spiro atoms. The van der Waals surface area contributed by atoms with Gasteiger partial charge in [-0.1, -0.05) is 11.6 Å². The Kier molecular flexibility index (Phi) is 3.06. The maximum absolute atomic E-state index is 6.08. The summed E-state index contributed by atoms with van der Waals surface area (Å²) in [5.74, 6) is 0. The van der Waals surface area contributed by atoms with Gasteiger partial charge in [-0.25, -0.2) is 9.67 Å². The highest BCUT2D eigenvalue weighted by atomic mass is 79.9. The maximum Gasteiger partial charge on any atom is 0.151 e. The van der Waals surface area contributed by atoms with E-state index in [1.165, 1.54) is 6.42 Å². The topological polar surface area (TPSA) is 39.9 Å². The van der Waals surface area contributed by atoms with Gasteiger partial charge in [-0.05, 0) is 41.3 Å². The monoisotopic (exact) mass is 315 g/mol. The summed E-state index contributed by atoms with van der Waals surface area (Å²) in [6.07, 6.45) is 4.94. The third-order valence-electron chi connectivity index (χ3n) is 2.93. The molecular weight excluding hydrogens is 305 g/mol. The second-order valence-corrected chi connectivity index (χ2v) is 5.16. The van der Waals surface area contributed by atoms with Crippen LogP contribution in [-0.4, -0.2) is 21.4 Å². The molecule has 1 unspecified atom stereocenters. The van der Waals surface area contributed by atoms with Crippen molar-refractivity contribution in [3.05, 3.63) is 22.0 Å². The van der Waals surface area contributed by atoms with E-state index in [-0.39, 0.29) is 6.23 Å². The van der Waals surface area contributed by atoms with Crippen LogP contribution in [-0.2, 0) is 4.74 Å². The summed E-state index contributed by atoms with van der Waals surface area (Å²) in [4.78, 5) is 4.07. The lowest BCUT2D eigenvalue weighted by Crippen LogP contribution is -2.19. The van der Waals surface area contributed by atoms with E-state index >= 15 is 0 Å². The highest BCUT2D eigenvalue weighted by Gasteiger charge is 2.21. The normalized spacial score (nSPS) is 20.9. The van der Waals surface area contributed by atoms with Crippen molar-refractivity contribution in [3.63, 3.8) is 0 Å². The molecule has 0 aromatic carbocycles. The maximum atomic E-state index is 6.08. The van der Waals surface area contributed by atoms with E-state index < -0.39 is 0 Å². The Labute approximate surface area is 112 Å². The summed E-state index contributed by atoms with van der Waals surface area (Å²) in [6, 6.07) is 1.85. The molecule has 0 bridgehead atoms. The van der Waals surface area contributed by atoms with E-state index in [1.54, 1.807) is 6.20 Å². The number of hydrogen-bond acceptors (Lipinski definition) is 3. The first-order chi connectivity index (χ1) is 8.27. The lowest BCUT2D eigenvalue weighted by molar-refractivity contribution is -0.0404. The summed E-state index contributed by atoms with van der Waals surface area (Å²) >= 11 is 9.61. The van der Waals surface area contributed by atoms with Gasteiger partial charge in [0.25, 0.3) is 0 Å². The van der Waals surface area contributed by atoms with Crippen LogP contribution in [0.3, 0.4) is 0 Å². The van der Waals surface area contributed by atoms with E-state index in [2.05, 4.69) is 26.0 Å². The minimum absolute atomic E-state index is 0.00147. The van der Waals surface area contributed by atoms with E-state index in [0.717, 1.165) is 35.0 Å². The van der Waals surface area contributed by atoms with Crippen LogP contribution < -0.4 is 0 Å². The van der Waals surface area contributed by atoms with E-state index in [1.807, 2.05) is 10.7 Å². The molecule has 0 radical (unpaired) electrons. The number of ether oxygens (including phenoxy) is 1. The van der Waals surface area contributed by atoms with Crippen molar-refractivity contribution in [3.8, 4) is 0 Å². The van der Waals surface area contributed by atoms with Gasteiger partial charge < -0.3 is 4.74 Å². The molecule has 6 heteroatoms. The Morgan fingerprint density at radius 1 is 1.47 bits per heavy atom. The molecule has 1 fully saturated rings. The molecule has 0 aliphatic carbocycles. The quantitative estimate of drug-likeness (QED) is 0.755. The van der Waals surface area contributed by atoms with E-state index in [9.17, 15) is 0 Å². The van der Waals surface area contributed by atoms with Crippen LogP contribution >= 0.6 is 27.5 Å². The molecule has 1 aliphatic rings. The van der Waals surface area contributed by atoms with Gasteiger partial charge in [-0.2, -0.15) is 5.10 Å². The number of halogens is 2. The molecule has 90 valence electrons. The first kappa shape index (κ1) is 11.4. The Morgan fingerprint density at radius 3 is 3.06 bits per heavy atom. The lowest BCUT2D eigenvalue weighted by Gasteiger charge is -2.23. The number of hydrogen-bond donors (Lipinski definition) is 0. The fraction of sp³-hybridized carbons (Fsp3) is 0.455. The smallest absolute Gasteiger partial charge is 0.151 e. The van der Waals surface area contributed by atoms with Gasteiger partial charge in [0, 0.05) is 12.8 Å². The van der Waals surface area contributed by atoms with Crippen molar-refractivity contribution in [1.82, 2.24) is 14.8 Å². The van der Waals surface area contributed by atoms with Crippen LogP contribution in [0.5, 0.6) is 0 Å². The Balaban J connectivity index is 2.10.